The minimum Gasteiger partial charge on any atom is -0.383 e. The minimum atomic E-state index is -3.08. The van der Waals surface area contributed by atoms with E-state index in [-0.39, 0.29) is 29.0 Å². The lowest BCUT2D eigenvalue weighted by Gasteiger charge is -2.35. The molecule has 3 rings (SSSR count). The van der Waals surface area contributed by atoms with Crippen LogP contribution in [0, 0.1) is 11.3 Å². The maximum atomic E-state index is 13.0. The molecule has 1 aromatic carbocycles. The molecule has 168 valence electrons. The Bertz CT molecular complexity index is 919. The number of ether oxygens (including phenoxy) is 1. The number of nitrogens with zero attached hydrogens (tertiary/aromatic N) is 4. The summed E-state index contributed by atoms with van der Waals surface area (Å²) >= 11 is 0. The predicted octanol–water partition coefficient (Wildman–Crippen LogP) is 0.874. The topological polar surface area (TPSA) is 93.9 Å². The van der Waals surface area contributed by atoms with Crippen LogP contribution in [0.15, 0.2) is 42.1 Å². The van der Waals surface area contributed by atoms with Gasteiger partial charge in [-0.2, -0.15) is 5.26 Å². The van der Waals surface area contributed by atoms with Gasteiger partial charge in [0.25, 0.3) is 5.91 Å². The molecule has 0 N–H and O–H groups in total. The standard InChI is InChI=1S/C22H30N4O4S/c1-30-13-12-26(21-7-14-31(28,29)18-21)17-20(15-23)22(27)25-10-8-24(9-11-25)16-19-5-3-2-4-6-19/h2-6,17,21H,7-14,16,18H2,1H3/b20-17-. The molecule has 2 saturated heterocycles. The Labute approximate surface area is 184 Å². The summed E-state index contributed by atoms with van der Waals surface area (Å²) in [6.07, 6.45) is 2.02. The van der Waals surface area contributed by atoms with Crippen molar-refractivity contribution in [3.05, 3.63) is 47.7 Å². The van der Waals surface area contributed by atoms with Gasteiger partial charge in [-0.3, -0.25) is 9.69 Å². The lowest BCUT2D eigenvalue weighted by molar-refractivity contribution is -0.128. The minimum absolute atomic E-state index is 0.0388. The van der Waals surface area contributed by atoms with Crippen molar-refractivity contribution in [3.8, 4) is 6.07 Å². The highest BCUT2D eigenvalue weighted by Crippen LogP contribution is 2.19. The number of piperazine rings is 1. The van der Waals surface area contributed by atoms with Crippen molar-refractivity contribution in [2.45, 2.75) is 19.0 Å². The van der Waals surface area contributed by atoms with Crippen LogP contribution in [0.3, 0.4) is 0 Å². The Kier molecular flexibility index (Phi) is 8.07. The van der Waals surface area contributed by atoms with Crippen molar-refractivity contribution in [2.75, 3.05) is 57.9 Å². The van der Waals surface area contributed by atoms with Gasteiger partial charge in [-0.15, -0.1) is 0 Å². The number of sulfone groups is 1. The van der Waals surface area contributed by atoms with E-state index >= 15 is 0 Å². The lowest BCUT2D eigenvalue weighted by atomic mass is 10.1. The van der Waals surface area contributed by atoms with E-state index in [1.807, 2.05) is 24.3 Å². The summed E-state index contributed by atoms with van der Waals surface area (Å²) in [5.41, 5.74) is 1.28. The van der Waals surface area contributed by atoms with Crippen molar-refractivity contribution in [1.82, 2.24) is 14.7 Å². The van der Waals surface area contributed by atoms with E-state index in [1.54, 1.807) is 16.9 Å². The van der Waals surface area contributed by atoms with E-state index in [9.17, 15) is 18.5 Å². The molecule has 0 saturated carbocycles. The summed E-state index contributed by atoms with van der Waals surface area (Å²) in [5, 5.41) is 9.64. The number of amides is 1. The van der Waals surface area contributed by atoms with Crippen LogP contribution in [0.1, 0.15) is 12.0 Å². The fourth-order valence-corrected chi connectivity index (χ4v) is 5.75. The van der Waals surface area contributed by atoms with E-state index < -0.39 is 9.84 Å². The zero-order chi connectivity index (χ0) is 22.3. The molecular weight excluding hydrogens is 416 g/mol. The van der Waals surface area contributed by atoms with Gasteiger partial charge in [0, 0.05) is 58.6 Å². The van der Waals surface area contributed by atoms with Gasteiger partial charge in [-0.05, 0) is 12.0 Å². The van der Waals surface area contributed by atoms with Gasteiger partial charge in [-0.1, -0.05) is 30.3 Å². The van der Waals surface area contributed by atoms with E-state index in [4.69, 9.17) is 4.74 Å². The molecule has 1 aromatic rings. The van der Waals surface area contributed by atoms with E-state index in [2.05, 4.69) is 17.0 Å². The first kappa shape index (κ1) is 23.3. The summed E-state index contributed by atoms with van der Waals surface area (Å²) in [5.74, 6) is -0.128. The highest BCUT2D eigenvalue weighted by molar-refractivity contribution is 7.91. The molecule has 2 aliphatic heterocycles. The second-order valence-electron chi connectivity index (χ2n) is 8.00. The SMILES string of the molecule is COCCN(/C=C(/C#N)C(=O)N1CCN(Cc2ccccc2)CC1)C1CCS(=O)(=O)C1. The summed E-state index contributed by atoms with van der Waals surface area (Å²) in [6, 6.07) is 12.0. The number of carbonyl (C=O) groups is 1. The number of methoxy groups -OCH3 is 1. The molecule has 0 bridgehead atoms. The van der Waals surface area contributed by atoms with Crippen molar-refractivity contribution < 1.29 is 17.9 Å². The van der Waals surface area contributed by atoms with Gasteiger partial charge in [0.1, 0.15) is 11.6 Å². The second kappa shape index (κ2) is 10.8. The van der Waals surface area contributed by atoms with Crippen LogP contribution in [-0.2, 0) is 25.9 Å². The predicted molar refractivity (Wildman–Crippen MR) is 118 cm³/mol. The largest absolute Gasteiger partial charge is 0.383 e. The van der Waals surface area contributed by atoms with Gasteiger partial charge in [0.2, 0.25) is 0 Å². The third kappa shape index (κ3) is 6.53. The number of hydrogen-bond acceptors (Lipinski definition) is 7. The smallest absolute Gasteiger partial charge is 0.266 e. The van der Waals surface area contributed by atoms with Crippen LogP contribution in [0.4, 0.5) is 0 Å². The maximum absolute atomic E-state index is 13.0. The molecular formula is C22H30N4O4S. The fraction of sp³-hybridized carbons (Fsp3) is 0.545. The molecule has 1 unspecified atom stereocenters. The van der Waals surface area contributed by atoms with Crippen LogP contribution >= 0.6 is 0 Å². The van der Waals surface area contributed by atoms with Crippen molar-refractivity contribution in [1.29, 1.82) is 5.26 Å². The van der Waals surface area contributed by atoms with Gasteiger partial charge in [0.05, 0.1) is 18.1 Å². The molecule has 8 nitrogen and oxygen atoms in total. The van der Waals surface area contributed by atoms with Crippen LogP contribution in [0.5, 0.6) is 0 Å². The highest BCUT2D eigenvalue weighted by Gasteiger charge is 2.32. The van der Waals surface area contributed by atoms with Crippen LogP contribution < -0.4 is 0 Å². The van der Waals surface area contributed by atoms with Crippen molar-refractivity contribution >= 4 is 15.7 Å². The summed E-state index contributed by atoms with van der Waals surface area (Å²) in [6.45, 7) is 4.26. The lowest BCUT2D eigenvalue weighted by Crippen LogP contribution is -2.48. The first-order chi connectivity index (χ1) is 14.9. The van der Waals surface area contributed by atoms with E-state index in [0.717, 1.165) is 19.6 Å². The molecule has 2 aliphatic rings. The molecule has 0 aliphatic carbocycles. The zero-order valence-electron chi connectivity index (χ0n) is 17.9. The fourth-order valence-electron chi connectivity index (χ4n) is 4.00. The second-order valence-corrected chi connectivity index (χ2v) is 10.2. The van der Waals surface area contributed by atoms with Crippen LogP contribution in [0.25, 0.3) is 0 Å². The third-order valence-corrected chi connectivity index (χ3v) is 7.54. The van der Waals surface area contributed by atoms with Crippen molar-refractivity contribution in [3.63, 3.8) is 0 Å². The van der Waals surface area contributed by atoms with E-state index in [0.29, 0.717) is 32.7 Å². The molecule has 0 spiro atoms. The van der Waals surface area contributed by atoms with Crippen LogP contribution in [-0.4, -0.2) is 93.0 Å². The monoisotopic (exact) mass is 446 g/mol. The summed E-state index contributed by atoms with van der Waals surface area (Å²) in [7, 11) is -1.51. The maximum Gasteiger partial charge on any atom is 0.266 e. The Hall–Kier alpha value is -2.41. The molecule has 1 atom stereocenters. The first-order valence-corrected chi connectivity index (χ1v) is 12.4. The Morgan fingerprint density at radius 3 is 2.55 bits per heavy atom. The molecule has 0 radical (unpaired) electrons. The van der Waals surface area contributed by atoms with Gasteiger partial charge >= 0.3 is 0 Å². The number of nitriles is 1. The van der Waals surface area contributed by atoms with Gasteiger partial charge in [0.15, 0.2) is 9.84 Å². The molecule has 2 heterocycles. The molecule has 9 heteroatoms. The van der Waals surface area contributed by atoms with Gasteiger partial charge < -0.3 is 14.5 Å². The Morgan fingerprint density at radius 2 is 1.97 bits per heavy atom. The first-order valence-electron chi connectivity index (χ1n) is 10.5. The molecule has 2 fully saturated rings. The zero-order valence-corrected chi connectivity index (χ0v) is 18.8. The molecule has 31 heavy (non-hydrogen) atoms. The van der Waals surface area contributed by atoms with Gasteiger partial charge in [-0.25, -0.2) is 8.42 Å². The highest BCUT2D eigenvalue weighted by atomic mass is 32.2. The van der Waals surface area contributed by atoms with Crippen LogP contribution in [0.2, 0.25) is 0 Å². The average Bonchev–Trinajstić information content (AvgIpc) is 3.14. The Morgan fingerprint density at radius 1 is 1.26 bits per heavy atom. The normalized spacial score (nSPS) is 21.6. The number of benzene rings is 1. The number of carbonyl (C=O) groups excluding carboxylic acids is 1. The molecule has 1 amide bonds. The average molecular weight is 447 g/mol. The van der Waals surface area contributed by atoms with Crippen molar-refractivity contribution in [2.24, 2.45) is 0 Å². The Balaban J connectivity index is 1.62. The number of rotatable bonds is 8. The van der Waals surface area contributed by atoms with E-state index in [1.165, 1.54) is 11.8 Å². The summed E-state index contributed by atoms with van der Waals surface area (Å²) < 4.78 is 28.9. The number of hydrogen-bond donors (Lipinski definition) is 0. The summed E-state index contributed by atoms with van der Waals surface area (Å²) in [4.78, 5) is 18.8. The third-order valence-electron chi connectivity index (χ3n) is 5.79. The quantitative estimate of drug-likeness (QED) is 0.432. The molecule has 0 aromatic heterocycles.